The van der Waals surface area contributed by atoms with E-state index < -0.39 is 0 Å². The molecule has 0 bridgehead atoms. The molecule has 2 N–H and O–H groups in total. The molecule has 2 atom stereocenters. The summed E-state index contributed by atoms with van der Waals surface area (Å²) in [5.41, 5.74) is 3.60. The number of nitrogens with one attached hydrogen (secondary N) is 2. The predicted molar refractivity (Wildman–Crippen MR) is 135 cm³/mol. The maximum Gasteiger partial charge on any atom is 0.193 e. The summed E-state index contributed by atoms with van der Waals surface area (Å²) in [5.74, 6) is 2.85. The standard InChI is InChI=1S/C27H36N6/c1-28-27(29-16-7-14-26-30-23-12-5-6-13-24(23)31-26)33-18-15-25-22(20-33)11-8-17-32(25)19-21-9-3-2-4-10-21/h2-6,9-10,12-13,22,25H,7-8,11,14-20H2,1H3,(H,28,29)(H,30,31). The Morgan fingerprint density at radius 2 is 1.94 bits per heavy atom. The zero-order valence-corrected chi connectivity index (χ0v) is 19.7. The molecule has 0 radical (unpaired) electrons. The molecule has 2 saturated heterocycles. The number of aryl methyl sites for hydroxylation is 1. The van der Waals surface area contributed by atoms with Gasteiger partial charge in [0.1, 0.15) is 5.82 Å². The Morgan fingerprint density at radius 1 is 1.09 bits per heavy atom. The summed E-state index contributed by atoms with van der Waals surface area (Å²) in [4.78, 5) is 17.9. The van der Waals surface area contributed by atoms with Gasteiger partial charge in [0.05, 0.1) is 11.0 Å². The molecule has 0 amide bonds. The number of para-hydroxylation sites is 2. The summed E-state index contributed by atoms with van der Waals surface area (Å²) in [6.07, 6.45) is 5.82. The molecule has 3 heterocycles. The van der Waals surface area contributed by atoms with Crippen molar-refractivity contribution in [2.75, 3.05) is 33.2 Å². The van der Waals surface area contributed by atoms with Crippen LogP contribution in [0.25, 0.3) is 11.0 Å². The van der Waals surface area contributed by atoms with E-state index in [4.69, 9.17) is 4.98 Å². The average Bonchev–Trinajstić information content (AvgIpc) is 3.28. The van der Waals surface area contributed by atoms with Crippen molar-refractivity contribution in [3.63, 3.8) is 0 Å². The number of imidazole rings is 1. The third kappa shape index (κ3) is 5.22. The van der Waals surface area contributed by atoms with Crippen molar-refractivity contribution >= 4 is 17.0 Å². The summed E-state index contributed by atoms with van der Waals surface area (Å²) in [7, 11) is 1.91. The Kier molecular flexibility index (Phi) is 6.91. The third-order valence-electron chi connectivity index (χ3n) is 7.23. The number of nitrogens with zero attached hydrogens (tertiary/aromatic N) is 4. The van der Waals surface area contributed by atoms with E-state index in [1.54, 1.807) is 0 Å². The number of H-pyrrole nitrogens is 1. The summed E-state index contributed by atoms with van der Waals surface area (Å²) < 4.78 is 0. The first-order valence-corrected chi connectivity index (χ1v) is 12.5. The largest absolute Gasteiger partial charge is 0.356 e. The van der Waals surface area contributed by atoms with E-state index in [2.05, 4.69) is 67.6 Å². The first-order valence-electron chi connectivity index (χ1n) is 12.5. The van der Waals surface area contributed by atoms with E-state index in [-0.39, 0.29) is 0 Å². The molecule has 0 spiro atoms. The van der Waals surface area contributed by atoms with Crippen molar-refractivity contribution in [1.29, 1.82) is 0 Å². The molecule has 3 aromatic rings. The van der Waals surface area contributed by atoms with Crippen LogP contribution in [0.2, 0.25) is 0 Å². The Bertz CT molecular complexity index is 1030. The van der Waals surface area contributed by atoms with Gasteiger partial charge in [0.15, 0.2) is 5.96 Å². The van der Waals surface area contributed by atoms with Crippen LogP contribution in [0.15, 0.2) is 59.6 Å². The predicted octanol–water partition coefficient (Wildman–Crippen LogP) is 4.06. The molecule has 0 aliphatic carbocycles. The first-order chi connectivity index (χ1) is 16.3. The van der Waals surface area contributed by atoms with E-state index in [0.29, 0.717) is 6.04 Å². The zero-order valence-electron chi connectivity index (χ0n) is 19.7. The van der Waals surface area contributed by atoms with E-state index >= 15 is 0 Å². The van der Waals surface area contributed by atoms with Crippen molar-refractivity contribution < 1.29 is 0 Å². The van der Waals surface area contributed by atoms with Gasteiger partial charge in [-0.15, -0.1) is 0 Å². The molecule has 33 heavy (non-hydrogen) atoms. The molecule has 174 valence electrons. The Labute approximate surface area is 197 Å². The molecule has 1 aromatic heterocycles. The number of guanidine groups is 1. The molecule has 6 heteroatoms. The fraction of sp³-hybridized carbons (Fsp3) is 0.481. The maximum atomic E-state index is 4.69. The van der Waals surface area contributed by atoms with Crippen LogP contribution in [0.1, 0.15) is 37.1 Å². The summed E-state index contributed by atoms with van der Waals surface area (Å²) >= 11 is 0. The minimum absolute atomic E-state index is 0.696. The SMILES string of the molecule is CN=C(NCCCc1nc2ccccc2[nH]1)N1CCC2C(CCCN2Cc2ccccc2)C1. The number of fused-ring (bicyclic) bond motifs is 2. The maximum absolute atomic E-state index is 4.69. The number of aromatic nitrogens is 2. The van der Waals surface area contributed by atoms with Crippen molar-refractivity contribution in [1.82, 2.24) is 25.1 Å². The van der Waals surface area contributed by atoms with Gasteiger partial charge in [-0.1, -0.05) is 42.5 Å². The first kappa shape index (κ1) is 22.0. The second-order valence-corrected chi connectivity index (χ2v) is 9.44. The van der Waals surface area contributed by atoms with Gasteiger partial charge in [-0.3, -0.25) is 9.89 Å². The number of hydrogen-bond donors (Lipinski definition) is 2. The topological polar surface area (TPSA) is 59.6 Å². The molecule has 2 unspecified atom stereocenters. The van der Waals surface area contributed by atoms with Crippen molar-refractivity contribution in [2.24, 2.45) is 10.9 Å². The lowest BCUT2D eigenvalue weighted by atomic mass is 9.83. The highest BCUT2D eigenvalue weighted by Gasteiger charge is 2.36. The van der Waals surface area contributed by atoms with Crippen LogP contribution in [0.4, 0.5) is 0 Å². The summed E-state index contributed by atoms with van der Waals surface area (Å²) in [6.45, 7) is 5.41. The smallest absolute Gasteiger partial charge is 0.193 e. The number of aliphatic imine (C=N–C) groups is 1. The Balaban J connectivity index is 1.11. The highest BCUT2D eigenvalue weighted by Crippen LogP contribution is 2.31. The average molecular weight is 445 g/mol. The number of aromatic amines is 1. The van der Waals surface area contributed by atoms with Gasteiger partial charge in [-0.2, -0.15) is 0 Å². The van der Waals surface area contributed by atoms with Gasteiger partial charge in [-0.05, 0) is 55.8 Å². The molecule has 2 aromatic carbocycles. The van der Waals surface area contributed by atoms with Crippen LogP contribution in [-0.2, 0) is 13.0 Å². The molecule has 6 nitrogen and oxygen atoms in total. The molecular weight excluding hydrogens is 408 g/mol. The molecule has 2 aliphatic heterocycles. The number of hydrogen-bond acceptors (Lipinski definition) is 3. The van der Waals surface area contributed by atoms with E-state index in [1.807, 2.05) is 19.2 Å². The van der Waals surface area contributed by atoms with Gasteiger partial charge < -0.3 is 15.2 Å². The Morgan fingerprint density at radius 3 is 2.79 bits per heavy atom. The van der Waals surface area contributed by atoms with E-state index in [0.717, 1.165) is 67.8 Å². The number of rotatable bonds is 6. The number of benzene rings is 2. The molecular formula is C27H36N6. The summed E-state index contributed by atoms with van der Waals surface area (Å²) in [6, 6.07) is 19.9. The normalized spacial score (nSPS) is 21.8. The lowest BCUT2D eigenvalue weighted by Crippen LogP contribution is -2.56. The monoisotopic (exact) mass is 444 g/mol. The fourth-order valence-corrected chi connectivity index (χ4v) is 5.63. The minimum atomic E-state index is 0.696. The van der Waals surface area contributed by atoms with Gasteiger partial charge in [-0.25, -0.2) is 4.98 Å². The fourth-order valence-electron chi connectivity index (χ4n) is 5.63. The summed E-state index contributed by atoms with van der Waals surface area (Å²) in [5, 5.41) is 3.61. The van der Waals surface area contributed by atoms with Crippen molar-refractivity contribution in [2.45, 2.75) is 44.7 Å². The van der Waals surface area contributed by atoms with E-state index in [1.165, 1.54) is 31.4 Å². The lowest BCUT2D eigenvalue weighted by molar-refractivity contribution is 0.0372. The second kappa shape index (κ2) is 10.4. The van der Waals surface area contributed by atoms with Gasteiger partial charge in [0, 0.05) is 45.7 Å². The van der Waals surface area contributed by atoms with Crippen molar-refractivity contribution in [3.05, 3.63) is 66.0 Å². The van der Waals surface area contributed by atoms with Crippen LogP contribution in [0, 0.1) is 5.92 Å². The molecule has 2 aliphatic rings. The van der Waals surface area contributed by atoms with Crippen LogP contribution in [0.5, 0.6) is 0 Å². The quantitative estimate of drug-likeness (QED) is 0.342. The van der Waals surface area contributed by atoms with Gasteiger partial charge >= 0.3 is 0 Å². The molecule has 0 saturated carbocycles. The van der Waals surface area contributed by atoms with Crippen LogP contribution >= 0.6 is 0 Å². The Hall–Kier alpha value is -2.86. The van der Waals surface area contributed by atoms with Gasteiger partial charge in [0.2, 0.25) is 0 Å². The van der Waals surface area contributed by atoms with Crippen LogP contribution < -0.4 is 5.32 Å². The zero-order chi connectivity index (χ0) is 22.5. The lowest BCUT2D eigenvalue weighted by Gasteiger charge is -2.48. The van der Waals surface area contributed by atoms with Crippen molar-refractivity contribution in [3.8, 4) is 0 Å². The van der Waals surface area contributed by atoms with E-state index in [9.17, 15) is 0 Å². The van der Waals surface area contributed by atoms with Gasteiger partial charge in [0.25, 0.3) is 0 Å². The molecule has 5 rings (SSSR count). The minimum Gasteiger partial charge on any atom is -0.356 e. The highest BCUT2D eigenvalue weighted by molar-refractivity contribution is 5.80. The van der Waals surface area contributed by atoms with Crippen LogP contribution in [-0.4, -0.2) is 65.0 Å². The number of piperidine rings is 2. The van der Waals surface area contributed by atoms with Crippen LogP contribution in [0.3, 0.4) is 0 Å². The molecule has 2 fully saturated rings. The third-order valence-corrected chi connectivity index (χ3v) is 7.23. The highest BCUT2D eigenvalue weighted by atomic mass is 15.3. The second-order valence-electron chi connectivity index (χ2n) is 9.44. The number of likely N-dealkylation sites (tertiary alicyclic amines) is 2.